The fourth-order valence-corrected chi connectivity index (χ4v) is 3.16. The molecule has 0 spiro atoms. The number of methoxy groups -OCH3 is 2. The summed E-state index contributed by atoms with van der Waals surface area (Å²) in [6.07, 6.45) is -2.96. The number of rotatable bonds is 5. The molecule has 1 aromatic heterocycles. The minimum atomic E-state index is -4.42. The number of nitrogens with zero attached hydrogens (tertiary/aromatic N) is 2. The Balaban J connectivity index is 1.58. The van der Waals surface area contributed by atoms with E-state index in [4.69, 9.17) is 9.47 Å². The lowest BCUT2D eigenvalue weighted by Crippen LogP contribution is -2.39. The van der Waals surface area contributed by atoms with E-state index < -0.39 is 17.8 Å². The van der Waals surface area contributed by atoms with E-state index in [9.17, 15) is 18.0 Å². The first-order chi connectivity index (χ1) is 13.8. The molecule has 29 heavy (non-hydrogen) atoms. The number of urea groups is 1. The maximum Gasteiger partial charge on any atom is 0.417 e. The van der Waals surface area contributed by atoms with E-state index in [1.165, 1.54) is 20.3 Å². The van der Waals surface area contributed by atoms with Gasteiger partial charge in [-0.05, 0) is 30.7 Å². The fourth-order valence-electron chi connectivity index (χ4n) is 3.16. The number of hydrogen-bond donors (Lipinski definition) is 2. The Morgan fingerprint density at radius 1 is 1.21 bits per heavy atom. The van der Waals surface area contributed by atoms with E-state index in [2.05, 4.69) is 15.6 Å². The van der Waals surface area contributed by atoms with Gasteiger partial charge in [-0.3, -0.25) is 0 Å². The Morgan fingerprint density at radius 3 is 2.62 bits per heavy atom. The van der Waals surface area contributed by atoms with Crippen molar-refractivity contribution < 1.29 is 27.4 Å². The molecule has 0 bridgehead atoms. The predicted molar refractivity (Wildman–Crippen MR) is 102 cm³/mol. The molecule has 2 heterocycles. The number of ether oxygens (including phenoxy) is 2. The molecule has 1 saturated heterocycles. The van der Waals surface area contributed by atoms with Crippen LogP contribution < -0.4 is 25.0 Å². The van der Waals surface area contributed by atoms with Crippen molar-refractivity contribution in [2.24, 2.45) is 0 Å². The van der Waals surface area contributed by atoms with Crippen molar-refractivity contribution in [2.75, 3.05) is 37.5 Å². The van der Waals surface area contributed by atoms with Crippen molar-refractivity contribution in [3.05, 3.63) is 42.1 Å². The Hall–Kier alpha value is -3.17. The summed E-state index contributed by atoms with van der Waals surface area (Å²) in [4.78, 5) is 18.1. The summed E-state index contributed by atoms with van der Waals surface area (Å²) in [5.41, 5.74) is -0.328. The van der Waals surface area contributed by atoms with Gasteiger partial charge in [0.25, 0.3) is 0 Å². The van der Waals surface area contributed by atoms with Crippen molar-refractivity contribution in [2.45, 2.75) is 18.6 Å². The third-order valence-corrected chi connectivity index (χ3v) is 4.57. The fraction of sp³-hybridized carbons (Fsp3) is 0.368. The summed E-state index contributed by atoms with van der Waals surface area (Å²) < 4.78 is 48.5. The predicted octanol–water partition coefficient (Wildman–Crippen LogP) is 3.52. The van der Waals surface area contributed by atoms with Gasteiger partial charge < -0.3 is 25.0 Å². The molecule has 0 aliphatic carbocycles. The number of anilines is 2. The summed E-state index contributed by atoms with van der Waals surface area (Å²) in [6.45, 7) is 1.02. The third-order valence-electron chi connectivity index (χ3n) is 4.57. The van der Waals surface area contributed by atoms with Crippen molar-refractivity contribution >= 4 is 17.5 Å². The average Bonchev–Trinajstić information content (AvgIpc) is 3.15. The van der Waals surface area contributed by atoms with Gasteiger partial charge in [0, 0.05) is 25.3 Å². The van der Waals surface area contributed by atoms with Crippen molar-refractivity contribution in [3.8, 4) is 11.5 Å². The number of carbonyl (C=O) groups excluding carboxylic acids is 1. The Labute approximate surface area is 165 Å². The van der Waals surface area contributed by atoms with Crippen LogP contribution in [0.5, 0.6) is 11.5 Å². The van der Waals surface area contributed by atoms with Gasteiger partial charge in [-0.2, -0.15) is 13.2 Å². The van der Waals surface area contributed by atoms with Gasteiger partial charge in [-0.15, -0.1) is 0 Å². The number of carbonyl (C=O) groups is 1. The molecule has 1 atom stereocenters. The zero-order valence-corrected chi connectivity index (χ0v) is 15.9. The maximum absolute atomic E-state index is 12.7. The quantitative estimate of drug-likeness (QED) is 0.789. The average molecular weight is 410 g/mol. The van der Waals surface area contributed by atoms with Gasteiger partial charge in [-0.1, -0.05) is 6.07 Å². The second kappa shape index (κ2) is 8.46. The smallest absolute Gasteiger partial charge is 0.417 e. The number of benzene rings is 1. The molecule has 1 unspecified atom stereocenters. The highest BCUT2D eigenvalue weighted by atomic mass is 19.4. The third kappa shape index (κ3) is 4.82. The monoisotopic (exact) mass is 410 g/mol. The molecule has 0 radical (unpaired) electrons. The minimum absolute atomic E-state index is 0.171. The largest absolute Gasteiger partial charge is 0.493 e. The van der Waals surface area contributed by atoms with Crippen LogP contribution in [0.4, 0.5) is 29.5 Å². The second-order valence-corrected chi connectivity index (χ2v) is 6.47. The van der Waals surface area contributed by atoms with Crippen LogP contribution in [-0.4, -0.2) is 44.4 Å². The first-order valence-electron chi connectivity index (χ1n) is 8.88. The molecule has 3 rings (SSSR count). The standard InChI is InChI=1S/C19H21F3N4O3/c1-28-15-5-3-4-14(17(15)29-2)25-18(27)24-13-8-9-26(11-13)16-7-6-12(10-23-16)19(20,21)22/h3-7,10,13H,8-9,11H2,1-2H3,(H2,24,25,27). The van der Waals surface area contributed by atoms with E-state index in [-0.39, 0.29) is 6.04 Å². The maximum atomic E-state index is 12.7. The van der Waals surface area contributed by atoms with Gasteiger partial charge >= 0.3 is 12.2 Å². The molecule has 2 N–H and O–H groups in total. The lowest BCUT2D eigenvalue weighted by molar-refractivity contribution is -0.137. The van der Waals surface area contributed by atoms with Crippen LogP contribution >= 0.6 is 0 Å². The number of nitrogens with one attached hydrogen (secondary N) is 2. The van der Waals surface area contributed by atoms with Crippen molar-refractivity contribution in [1.82, 2.24) is 10.3 Å². The molecule has 7 nitrogen and oxygen atoms in total. The van der Waals surface area contributed by atoms with Crippen molar-refractivity contribution in [1.29, 1.82) is 0 Å². The molecular formula is C19H21F3N4O3. The van der Waals surface area contributed by atoms with E-state index in [0.717, 1.165) is 12.3 Å². The number of amides is 2. The lowest BCUT2D eigenvalue weighted by atomic mass is 10.2. The van der Waals surface area contributed by atoms with Gasteiger partial charge in [-0.25, -0.2) is 9.78 Å². The molecule has 0 saturated carbocycles. The lowest BCUT2D eigenvalue weighted by Gasteiger charge is -2.19. The first kappa shape index (κ1) is 20.6. The highest BCUT2D eigenvalue weighted by molar-refractivity contribution is 5.91. The summed E-state index contributed by atoms with van der Waals surface area (Å²) in [5.74, 6) is 1.34. The van der Waals surface area contributed by atoms with E-state index in [0.29, 0.717) is 42.5 Å². The van der Waals surface area contributed by atoms with Crippen LogP contribution in [0.3, 0.4) is 0 Å². The van der Waals surface area contributed by atoms with Crippen molar-refractivity contribution in [3.63, 3.8) is 0 Å². The van der Waals surface area contributed by atoms with Crippen LogP contribution in [0, 0.1) is 0 Å². The zero-order valence-electron chi connectivity index (χ0n) is 15.9. The van der Waals surface area contributed by atoms with Gasteiger partial charge in [0.15, 0.2) is 11.5 Å². The van der Waals surface area contributed by atoms with Crippen LogP contribution in [0.1, 0.15) is 12.0 Å². The summed E-state index contributed by atoms with van der Waals surface area (Å²) in [6, 6.07) is 6.89. The van der Waals surface area contributed by atoms with Gasteiger partial charge in [0.05, 0.1) is 25.5 Å². The molecule has 2 aromatic rings. The molecule has 1 aromatic carbocycles. The Kier molecular flexibility index (Phi) is 6.00. The number of alkyl halides is 3. The molecular weight excluding hydrogens is 389 g/mol. The van der Waals surface area contributed by atoms with Crippen LogP contribution in [0.25, 0.3) is 0 Å². The normalized spacial score (nSPS) is 16.4. The number of hydrogen-bond acceptors (Lipinski definition) is 5. The van der Waals surface area contributed by atoms with Crippen LogP contribution in [0.15, 0.2) is 36.5 Å². The van der Waals surface area contributed by atoms with E-state index in [1.54, 1.807) is 18.2 Å². The first-order valence-corrected chi connectivity index (χ1v) is 8.88. The molecule has 156 valence electrons. The van der Waals surface area contributed by atoms with Gasteiger partial charge in [0.2, 0.25) is 0 Å². The van der Waals surface area contributed by atoms with Crippen LogP contribution in [0.2, 0.25) is 0 Å². The Bertz CT molecular complexity index is 859. The van der Waals surface area contributed by atoms with Crippen LogP contribution in [-0.2, 0) is 6.18 Å². The number of halogens is 3. The molecule has 1 aliphatic heterocycles. The SMILES string of the molecule is COc1cccc(NC(=O)NC2CCN(c3ccc(C(F)(F)F)cn3)C2)c1OC. The highest BCUT2D eigenvalue weighted by Gasteiger charge is 2.31. The summed E-state index contributed by atoms with van der Waals surface area (Å²) >= 11 is 0. The van der Waals surface area contributed by atoms with E-state index in [1.807, 2.05) is 4.90 Å². The Morgan fingerprint density at radius 2 is 2.00 bits per heavy atom. The summed E-state index contributed by atoms with van der Waals surface area (Å²) in [7, 11) is 2.98. The molecule has 1 fully saturated rings. The highest BCUT2D eigenvalue weighted by Crippen LogP contribution is 2.34. The minimum Gasteiger partial charge on any atom is -0.493 e. The molecule has 2 amide bonds. The van der Waals surface area contributed by atoms with Gasteiger partial charge in [0.1, 0.15) is 5.82 Å². The number of para-hydroxylation sites is 1. The zero-order chi connectivity index (χ0) is 21.0. The summed E-state index contributed by atoms with van der Waals surface area (Å²) in [5, 5.41) is 5.58. The second-order valence-electron chi connectivity index (χ2n) is 6.47. The number of aromatic nitrogens is 1. The molecule has 1 aliphatic rings. The number of pyridine rings is 1. The van der Waals surface area contributed by atoms with E-state index >= 15 is 0 Å². The molecule has 10 heteroatoms. The topological polar surface area (TPSA) is 75.7 Å².